The van der Waals surface area contributed by atoms with Crippen LogP contribution in [0.15, 0.2) is 65.6 Å². The Bertz CT molecular complexity index is 1310. The first-order valence-electron chi connectivity index (χ1n) is 10.9. The van der Waals surface area contributed by atoms with E-state index in [0.29, 0.717) is 12.1 Å². The van der Waals surface area contributed by atoms with Crippen LogP contribution in [0.2, 0.25) is 0 Å². The standard InChI is InChI=1S/C25H26N2O5S/c1-3-27(23-10-6-8-18-7-4-5-9-21(18)23)24(28)16-32-25(29)22-15-20(14-11-17(22)2)33(30,31)26-19-12-13-19/h4-11,14-15,19,26H,3,12-13,16H2,1-2H3. The van der Waals surface area contributed by atoms with Gasteiger partial charge in [-0.3, -0.25) is 4.79 Å². The number of carbonyl (C=O) groups excluding carboxylic acids is 2. The number of anilines is 1. The summed E-state index contributed by atoms with van der Waals surface area (Å²) in [5.74, 6) is -1.10. The average molecular weight is 467 g/mol. The maximum atomic E-state index is 12.9. The van der Waals surface area contributed by atoms with Gasteiger partial charge in [0.2, 0.25) is 10.0 Å². The van der Waals surface area contributed by atoms with Gasteiger partial charge >= 0.3 is 5.97 Å². The Balaban J connectivity index is 1.50. The summed E-state index contributed by atoms with van der Waals surface area (Å²) in [6.07, 6.45) is 1.62. The Morgan fingerprint density at radius 2 is 1.79 bits per heavy atom. The summed E-state index contributed by atoms with van der Waals surface area (Å²) in [5, 5.41) is 1.94. The van der Waals surface area contributed by atoms with E-state index in [1.165, 1.54) is 12.1 Å². The van der Waals surface area contributed by atoms with Gasteiger partial charge in [-0.1, -0.05) is 42.5 Å². The monoisotopic (exact) mass is 466 g/mol. The third-order valence-corrected chi connectivity index (χ3v) is 7.16. The number of benzene rings is 3. The van der Waals surface area contributed by atoms with Crippen LogP contribution in [0, 0.1) is 6.92 Å². The molecule has 1 saturated carbocycles. The number of rotatable bonds is 8. The van der Waals surface area contributed by atoms with E-state index in [9.17, 15) is 18.0 Å². The number of aryl methyl sites for hydroxylation is 1. The SMILES string of the molecule is CCN(C(=O)COC(=O)c1cc(S(=O)(=O)NC2CC2)ccc1C)c1cccc2ccccc12. The van der Waals surface area contributed by atoms with Crippen LogP contribution in [0.1, 0.15) is 35.7 Å². The van der Waals surface area contributed by atoms with Crippen molar-refractivity contribution in [1.29, 1.82) is 0 Å². The van der Waals surface area contributed by atoms with Crippen LogP contribution >= 0.6 is 0 Å². The zero-order valence-corrected chi connectivity index (χ0v) is 19.4. The first-order chi connectivity index (χ1) is 15.8. The lowest BCUT2D eigenvalue weighted by atomic mass is 10.1. The molecule has 0 spiro atoms. The van der Waals surface area contributed by atoms with Crippen molar-refractivity contribution in [3.05, 3.63) is 71.8 Å². The second-order valence-corrected chi connectivity index (χ2v) is 9.80. The van der Waals surface area contributed by atoms with Crippen LogP contribution in [0.4, 0.5) is 5.69 Å². The Labute approximate surface area is 193 Å². The number of nitrogens with one attached hydrogen (secondary N) is 1. The number of nitrogens with zero attached hydrogens (tertiary/aromatic N) is 1. The number of hydrogen-bond acceptors (Lipinski definition) is 5. The number of ether oxygens (including phenoxy) is 1. The molecule has 0 heterocycles. The molecule has 8 heteroatoms. The quantitative estimate of drug-likeness (QED) is 0.510. The molecule has 1 amide bonds. The summed E-state index contributed by atoms with van der Waals surface area (Å²) in [4.78, 5) is 27.2. The minimum Gasteiger partial charge on any atom is -0.452 e. The Hall–Kier alpha value is -3.23. The highest BCUT2D eigenvalue weighted by atomic mass is 32.2. The molecule has 33 heavy (non-hydrogen) atoms. The molecule has 7 nitrogen and oxygen atoms in total. The molecule has 1 aliphatic rings. The van der Waals surface area contributed by atoms with E-state index < -0.39 is 22.6 Å². The molecule has 0 radical (unpaired) electrons. The molecule has 3 aromatic carbocycles. The van der Waals surface area contributed by atoms with Crippen LogP contribution in [0.5, 0.6) is 0 Å². The van der Waals surface area contributed by atoms with Gasteiger partial charge in [-0.25, -0.2) is 17.9 Å². The highest BCUT2D eigenvalue weighted by molar-refractivity contribution is 7.89. The minimum atomic E-state index is -3.71. The van der Waals surface area contributed by atoms with E-state index in [2.05, 4.69) is 4.72 Å². The Kier molecular flexibility index (Phi) is 6.49. The largest absolute Gasteiger partial charge is 0.452 e. The predicted molar refractivity (Wildman–Crippen MR) is 127 cm³/mol. The van der Waals surface area contributed by atoms with E-state index in [0.717, 1.165) is 29.3 Å². The third-order valence-electron chi connectivity index (χ3n) is 5.64. The minimum absolute atomic E-state index is 0.00390. The van der Waals surface area contributed by atoms with Gasteiger partial charge in [-0.15, -0.1) is 0 Å². The summed E-state index contributed by atoms with van der Waals surface area (Å²) < 4.78 is 32.9. The molecular formula is C25H26N2O5S. The van der Waals surface area contributed by atoms with Gasteiger partial charge in [0.15, 0.2) is 6.61 Å². The molecule has 0 atom stereocenters. The first-order valence-corrected chi connectivity index (χ1v) is 12.4. The third kappa shape index (κ3) is 5.07. The lowest BCUT2D eigenvalue weighted by Gasteiger charge is -2.22. The van der Waals surface area contributed by atoms with E-state index in [1.807, 2.05) is 49.4 Å². The smallest absolute Gasteiger partial charge is 0.338 e. The van der Waals surface area contributed by atoms with Gasteiger partial charge in [0.25, 0.3) is 5.91 Å². The molecule has 0 bridgehead atoms. The van der Waals surface area contributed by atoms with E-state index in [-0.39, 0.29) is 22.4 Å². The number of likely N-dealkylation sites (N-methyl/N-ethyl adjacent to an activating group) is 1. The molecule has 4 rings (SSSR count). The fourth-order valence-corrected chi connectivity index (χ4v) is 5.02. The van der Waals surface area contributed by atoms with Crippen molar-refractivity contribution >= 4 is 38.4 Å². The van der Waals surface area contributed by atoms with Crippen molar-refractivity contribution in [3.63, 3.8) is 0 Å². The van der Waals surface area contributed by atoms with Gasteiger partial charge in [0, 0.05) is 18.0 Å². The van der Waals surface area contributed by atoms with Crippen molar-refractivity contribution in [2.24, 2.45) is 0 Å². The fourth-order valence-electron chi connectivity index (χ4n) is 3.68. The molecule has 3 aromatic rings. The highest BCUT2D eigenvalue weighted by Crippen LogP contribution is 2.27. The van der Waals surface area contributed by atoms with Gasteiger partial charge in [-0.2, -0.15) is 0 Å². The summed E-state index contributed by atoms with van der Waals surface area (Å²) in [5.41, 5.74) is 1.43. The molecule has 1 aliphatic carbocycles. The molecular weight excluding hydrogens is 440 g/mol. The van der Waals surface area contributed by atoms with E-state index >= 15 is 0 Å². The zero-order valence-electron chi connectivity index (χ0n) is 18.6. The fraction of sp³-hybridized carbons (Fsp3) is 0.280. The maximum Gasteiger partial charge on any atom is 0.338 e. The van der Waals surface area contributed by atoms with Gasteiger partial charge in [-0.05, 0) is 55.8 Å². The summed E-state index contributed by atoms with van der Waals surface area (Å²) in [6.45, 7) is 3.50. The van der Waals surface area contributed by atoms with Crippen LogP contribution in [0.3, 0.4) is 0 Å². The Morgan fingerprint density at radius 3 is 2.52 bits per heavy atom. The number of sulfonamides is 1. The van der Waals surface area contributed by atoms with Crippen molar-refractivity contribution in [1.82, 2.24) is 4.72 Å². The highest BCUT2D eigenvalue weighted by Gasteiger charge is 2.29. The zero-order chi connectivity index (χ0) is 23.6. The van der Waals surface area contributed by atoms with Crippen molar-refractivity contribution < 1.29 is 22.7 Å². The van der Waals surface area contributed by atoms with Gasteiger partial charge < -0.3 is 9.64 Å². The molecule has 0 saturated heterocycles. The van der Waals surface area contributed by atoms with E-state index in [4.69, 9.17) is 4.74 Å². The van der Waals surface area contributed by atoms with Crippen LogP contribution < -0.4 is 9.62 Å². The molecule has 0 aromatic heterocycles. The summed E-state index contributed by atoms with van der Waals surface area (Å²) in [7, 11) is -3.71. The van der Waals surface area contributed by atoms with Crippen LogP contribution in [-0.4, -0.2) is 39.5 Å². The molecule has 0 unspecified atom stereocenters. The van der Waals surface area contributed by atoms with Crippen LogP contribution in [0.25, 0.3) is 10.8 Å². The summed E-state index contributed by atoms with van der Waals surface area (Å²) >= 11 is 0. The molecule has 1 N–H and O–H groups in total. The maximum absolute atomic E-state index is 12.9. The average Bonchev–Trinajstić information content (AvgIpc) is 3.61. The number of hydrogen-bond donors (Lipinski definition) is 1. The Morgan fingerprint density at radius 1 is 1.06 bits per heavy atom. The van der Waals surface area contributed by atoms with Crippen molar-refractivity contribution in [2.75, 3.05) is 18.1 Å². The van der Waals surface area contributed by atoms with Crippen molar-refractivity contribution in [2.45, 2.75) is 37.6 Å². The number of carbonyl (C=O) groups is 2. The van der Waals surface area contributed by atoms with Gasteiger partial charge in [0.05, 0.1) is 16.1 Å². The first kappa shape index (κ1) is 22.9. The second-order valence-electron chi connectivity index (χ2n) is 8.08. The lowest BCUT2D eigenvalue weighted by Crippen LogP contribution is -2.34. The van der Waals surface area contributed by atoms with E-state index in [1.54, 1.807) is 17.9 Å². The lowest BCUT2D eigenvalue weighted by molar-refractivity contribution is -0.121. The second kappa shape index (κ2) is 9.33. The van der Waals surface area contributed by atoms with Crippen LogP contribution in [-0.2, 0) is 19.6 Å². The normalized spacial score (nSPS) is 13.6. The number of fused-ring (bicyclic) bond motifs is 1. The molecule has 1 fully saturated rings. The molecule has 172 valence electrons. The number of amides is 1. The topological polar surface area (TPSA) is 92.8 Å². The summed E-state index contributed by atoms with van der Waals surface area (Å²) in [6, 6.07) is 17.7. The molecule has 0 aliphatic heterocycles. The van der Waals surface area contributed by atoms with Gasteiger partial charge in [0.1, 0.15) is 0 Å². The van der Waals surface area contributed by atoms with Crippen molar-refractivity contribution in [3.8, 4) is 0 Å². The number of esters is 1. The predicted octanol–water partition coefficient (Wildman–Crippen LogP) is 3.80.